The summed E-state index contributed by atoms with van der Waals surface area (Å²) in [6.45, 7) is 0.402. The Labute approximate surface area is 169 Å². The molecular formula is C21H25N3O3S. The molecule has 148 valence electrons. The number of thioether (sulfide) groups is 1. The summed E-state index contributed by atoms with van der Waals surface area (Å²) >= 11 is 1.49. The Balaban J connectivity index is 1.57. The molecule has 3 atom stereocenters. The van der Waals surface area contributed by atoms with Gasteiger partial charge in [-0.2, -0.15) is 0 Å². The van der Waals surface area contributed by atoms with Crippen LogP contribution in [0.1, 0.15) is 11.1 Å². The molecule has 1 aliphatic rings. The summed E-state index contributed by atoms with van der Waals surface area (Å²) in [5.74, 6) is 0.170. The van der Waals surface area contributed by atoms with E-state index in [0.29, 0.717) is 24.6 Å². The van der Waals surface area contributed by atoms with Gasteiger partial charge in [-0.25, -0.2) is 0 Å². The van der Waals surface area contributed by atoms with Crippen LogP contribution >= 0.6 is 11.8 Å². The van der Waals surface area contributed by atoms with Crippen molar-refractivity contribution < 1.29 is 14.7 Å². The monoisotopic (exact) mass is 399 g/mol. The minimum atomic E-state index is -1.34. The zero-order valence-electron chi connectivity index (χ0n) is 15.5. The number of hydrogen-bond acceptors (Lipinski definition) is 5. The lowest BCUT2D eigenvalue weighted by atomic mass is 10.0. The number of rotatable bonds is 7. The van der Waals surface area contributed by atoms with E-state index in [9.17, 15) is 14.7 Å². The highest BCUT2D eigenvalue weighted by Gasteiger charge is 2.38. The average Bonchev–Trinajstić information content (AvgIpc) is 3.22. The molecule has 2 aromatic carbocycles. The van der Waals surface area contributed by atoms with E-state index in [1.54, 1.807) is 0 Å². The Morgan fingerprint density at radius 3 is 2.36 bits per heavy atom. The Kier molecular flexibility index (Phi) is 7.08. The molecule has 0 bridgehead atoms. The molecule has 7 heteroatoms. The first-order chi connectivity index (χ1) is 13.6. The first kappa shape index (κ1) is 20.4. The van der Waals surface area contributed by atoms with Crippen LogP contribution in [0.2, 0.25) is 0 Å². The minimum absolute atomic E-state index is 0.217. The molecule has 0 spiro atoms. The summed E-state index contributed by atoms with van der Waals surface area (Å²) in [7, 11) is 0. The van der Waals surface area contributed by atoms with Crippen LogP contribution in [0.25, 0.3) is 0 Å². The summed E-state index contributed by atoms with van der Waals surface area (Å²) in [4.78, 5) is 26.8. The van der Waals surface area contributed by atoms with Crippen molar-refractivity contribution in [2.75, 3.05) is 11.6 Å². The second-order valence-electron chi connectivity index (χ2n) is 6.83. The molecule has 1 aliphatic heterocycles. The normalized spacial score (nSPS) is 18.5. The third-order valence-electron chi connectivity index (χ3n) is 4.75. The van der Waals surface area contributed by atoms with Gasteiger partial charge in [-0.05, 0) is 17.5 Å². The predicted molar refractivity (Wildman–Crippen MR) is 110 cm³/mol. The molecule has 1 saturated heterocycles. The number of aliphatic hydroxyl groups excluding tert-OH is 1. The molecule has 3 rings (SSSR count). The van der Waals surface area contributed by atoms with Crippen LogP contribution in [-0.4, -0.2) is 51.6 Å². The van der Waals surface area contributed by atoms with Gasteiger partial charge in [0.05, 0.1) is 5.88 Å². The molecule has 6 nitrogen and oxygen atoms in total. The Morgan fingerprint density at radius 1 is 1.11 bits per heavy atom. The summed E-state index contributed by atoms with van der Waals surface area (Å²) in [5.41, 5.74) is 8.01. The number of carbonyl (C=O) groups is 2. The molecule has 0 aromatic heterocycles. The lowest BCUT2D eigenvalue weighted by Crippen LogP contribution is -2.54. The number of nitrogens with zero attached hydrogens (tertiary/aromatic N) is 1. The predicted octanol–water partition coefficient (Wildman–Crippen LogP) is 1.14. The van der Waals surface area contributed by atoms with Gasteiger partial charge >= 0.3 is 0 Å². The summed E-state index contributed by atoms with van der Waals surface area (Å²) in [6.07, 6.45) is -0.956. The van der Waals surface area contributed by atoms with Crippen LogP contribution in [0, 0.1) is 0 Å². The minimum Gasteiger partial charge on any atom is -0.382 e. The smallest absolute Gasteiger partial charge is 0.254 e. The van der Waals surface area contributed by atoms with Crippen LogP contribution in [-0.2, 0) is 22.6 Å². The number of nitrogens with one attached hydrogen (secondary N) is 1. The highest BCUT2D eigenvalue weighted by atomic mass is 32.2. The summed E-state index contributed by atoms with van der Waals surface area (Å²) in [6, 6.07) is 17.8. The van der Waals surface area contributed by atoms with Gasteiger partial charge < -0.3 is 21.1 Å². The Bertz CT molecular complexity index is 788. The van der Waals surface area contributed by atoms with Crippen LogP contribution < -0.4 is 11.1 Å². The van der Waals surface area contributed by atoms with Gasteiger partial charge in [0, 0.05) is 18.3 Å². The molecule has 28 heavy (non-hydrogen) atoms. The Hall–Kier alpha value is -2.35. The van der Waals surface area contributed by atoms with Crippen molar-refractivity contribution >= 4 is 23.6 Å². The molecule has 1 heterocycles. The lowest BCUT2D eigenvalue weighted by Gasteiger charge is -2.27. The molecule has 0 aliphatic carbocycles. The Morgan fingerprint density at radius 2 is 1.71 bits per heavy atom. The van der Waals surface area contributed by atoms with E-state index in [2.05, 4.69) is 5.32 Å². The topological polar surface area (TPSA) is 95.7 Å². The van der Waals surface area contributed by atoms with Gasteiger partial charge in [0.15, 0.2) is 0 Å². The third kappa shape index (κ3) is 5.13. The second-order valence-corrected chi connectivity index (χ2v) is 7.83. The van der Waals surface area contributed by atoms with E-state index in [0.717, 1.165) is 11.1 Å². The van der Waals surface area contributed by atoms with Crippen molar-refractivity contribution in [2.24, 2.45) is 5.73 Å². The largest absolute Gasteiger partial charge is 0.382 e. The van der Waals surface area contributed by atoms with E-state index in [1.807, 2.05) is 60.7 Å². The lowest BCUT2D eigenvalue weighted by molar-refractivity contribution is -0.145. The number of nitrogens with two attached hydrogens (primary N) is 1. The number of hydrogen-bond donors (Lipinski definition) is 3. The zero-order chi connectivity index (χ0) is 19.9. The maximum absolute atomic E-state index is 12.8. The first-order valence-corrected chi connectivity index (χ1v) is 10.4. The summed E-state index contributed by atoms with van der Waals surface area (Å²) < 4.78 is 0. The van der Waals surface area contributed by atoms with Crippen molar-refractivity contribution in [3.63, 3.8) is 0 Å². The molecule has 2 amide bonds. The highest BCUT2D eigenvalue weighted by Crippen LogP contribution is 2.23. The summed E-state index contributed by atoms with van der Waals surface area (Å²) in [5, 5.41) is 13.3. The second kappa shape index (κ2) is 9.73. The number of benzene rings is 2. The highest BCUT2D eigenvalue weighted by molar-refractivity contribution is 7.99. The van der Waals surface area contributed by atoms with Gasteiger partial charge in [-0.3, -0.25) is 9.59 Å². The van der Waals surface area contributed by atoms with Crippen molar-refractivity contribution in [1.82, 2.24) is 10.2 Å². The zero-order valence-corrected chi connectivity index (χ0v) is 16.3. The molecular weight excluding hydrogens is 374 g/mol. The van der Waals surface area contributed by atoms with E-state index < -0.39 is 24.1 Å². The molecule has 4 N–H and O–H groups in total. The van der Waals surface area contributed by atoms with Crippen LogP contribution in [0.4, 0.5) is 0 Å². The third-order valence-corrected chi connectivity index (χ3v) is 5.76. The van der Waals surface area contributed by atoms with Gasteiger partial charge in [0.25, 0.3) is 5.91 Å². The van der Waals surface area contributed by atoms with Crippen molar-refractivity contribution in [3.05, 3.63) is 71.8 Å². The fourth-order valence-electron chi connectivity index (χ4n) is 3.13. The van der Waals surface area contributed by atoms with Gasteiger partial charge in [-0.15, -0.1) is 11.8 Å². The van der Waals surface area contributed by atoms with Gasteiger partial charge in [0.2, 0.25) is 5.91 Å². The average molecular weight is 400 g/mol. The number of carbonyl (C=O) groups excluding carboxylic acids is 2. The van der Waals surface area contributed by atoms with Crippen LogP contribution in [0.3, 0.4) is 0 Å². The van der Waals surface area contributed by atoms with Gasteiger partial charge in [-0.1, -0.05) is 60.7 Å². The quantitative estimate of drug-likeness (QED) is 0.649. The fourth-order valence-corrected chi connectivity index (χ4v) is 4.29. The maximum Gasteiger partial charge on any atom is 0.254 e. The maximum atomic E-state index is 12.8. The molecule has 2 aromatic rings. The first-order valence-electron chi connectivity index (χ1n) is 9.23. The standard InChI is InChI=1S/C21H25N3O3S/c22-17(11-15-7-3-1-4-8-15)19(25)21(27)24-14-28-13-18(24)20(26)23-12-16-9-5-2-6-10-16/h1-10,17-19,25H,11-14,22H2,(H,23,26)/t17-,18-,19-/m0/s1. The number of aliphatic hydroxyl groups is 1. The van der Waals surface area contributed by atoms with Crippen molar-refractivity contribution in [1.29, 1.82) is 0 Å². The van der Waals surface area contributed by atoms with Gasteiger partial charge in [0.1, 0.15) is 12.1 Å². The molecule has 0 saturated carbocycles. The van der Waals surface area contributed by atoms with Crippen molar-refractivity contribution in [2.45, 2.75) is 31.2 Å². The van der Waals surface area contributed by atoms with Crippen LogP contribution in [0.15, 0.2) is 60.7 Å². The molecule has 1 fully saturated rings. The van der Waals surface area contributed by atoms with Crippen molar-refractivity contribution in [3.8, 4) is 0 Å². The van der Waals surface area contributed by atoms with E-state index in [4.69, 9.17) is 5.73 Å². The number of amides is 2. The molecule has 0 unspecified atom stereocenters. The molecule has 0 radical (unpaired) electrons. The van der Waals surface area contributed by atoms with Crippen LogP contribution in [0.5, 0.6) is 0 Å². The SMILES string of the molecule is N[C@@H](Cc1ccccc1)[C@H](O)C(=O)N1CSC[C@H]1C(=O)NCc1ccccc1. The van der Waals surface area contributed by atoms with E-state index in [1.165, 1.54) is 16.7 Å². The van der Waals surface area contributed by atoms with E-state index >= 15 is 0 Å². The van der Waals surface area contributed by atoms with E-state index in [-0.39, 0.29) is 5.91 Å². The fraction of sp³-hybridized carbons (Fsp3) is 0.333.